The third-order valence-corrected chi connectivity index (χ3v) is 1.79. The summed E-state index contributed by atoms with van der Waals surface area (Å²) in [5.74, 6) is 0. The first-order chi connectivity index (χ1) is 6.36. The molecule has 0 atom stereocenters. The van der Waals surface area contributed by atoms with Crippen molar-refractivity contribution in [2.75, 3.05) is 5.73 Å². The van der Waals surface area contributed by atoms with E-state index in [-0.39, 0.29) is 0 Å². The number of rotatable bonds is 0. The number of benzene rings is 1. The summed E-state index contributed by atoms with van der Waals surface area (Å²) in [5, 5.41) is 14.6. The highest BCUT2D eigenvalue weighted by molar-refractivity contribution is 6.04. The van der Waals surface area contributed by atoms with Crippen molar-refractivity contribution >= 4 is 27.8 Å². The van der Waals surface area contributed by atoms with Gasteiger partial charge in [0.15, 0.2) is 16.6 Å². The number of nitrogens with zero attached hydrogens (tertiary/aromatic N) is 4. The molecule has 0 amide bonds. The highest BCUT2D eigenvalue weighted by Gasteiger charge is 2.13. The predicted molar refractivity (Wildman–Crippen MR) is 41.6 cm³/mol. The van der Waals surface area contributed by atoms with Gasteiger partial charge in [-0.05, 0) is 26.7 Å². The van der Waals surface area contributed by atoms with Crippen LogP contribution in [0.15, 0.2) is 15.3 Å². The molecule has 3 rings (SSSR count). The van der Waals surface area contributed by atoms with Crippen molar-refractivity contribution in [1.82, 2.24) is 20.6 Å². The fourth-order valence-electron chi connectivity index (χ4n) is 1.20. The van der Waals surface area contributed by atoms with Crippen LogP contribution in [0, 0.1) is 0 Å². The van der Waals surface area contributed by atoms with Gasteiger partial charge in [0.2, 0.25) is 0 Å². The molecule has 0 unspecified atom stereocenters. The molecule has 0 spiro atoms. The van der Waals surface area contributed by atoms with Gasteiger partial charge in [-0.1, -0.05) is 0 Å². The molecule has 0 bridgehead atoms. The van der Waals surface area contributed by atoms with Crippen molar-refractivity contribution in [3.8, 4) is 0 Å². The molecule has 1 aromatic carbocycles. The van der Waals surface area contributed by atoms with Gasteiger partial charge in [-0.25, -0.2) is 9.26 Å². The molecule has 0 saturated heterocycles. The molecular weight excluding hydrogens is 174 g/mol. The Morgan fingerprint density at radius 1 is 0.923 bits per heavy atom. The molecule has 0 fully saturated rings. The number of anilines is 1. The van der Waals surface area contributed by atoms with Gasteiger partial charge in [0.1, 0.15) is 5.52 Å². The van der Waals surface area contributed by atoms with Crippen molar-refractivity contribution in [2.45, 2.75) is 0 Å². The van der Waals surface area contributed by atoms with E-state index in [1.807, 2.05) is 0 Å². The molecule has 0 aliphatic carbocycles. The van der Waals surface area contributed by atoms with Crippen LogP contribution in [0.3, 0.4) is 0 Å². The van der Waals surface area contributed by atoms with Crippen LogP contribution in [0.2, 0.25) is 0 Å². The normalized spacial score (nSPS) is 11.4. The van der Waals surface area contributed by atoms with Crippen molar-refractivity contribution in [2.24, 2.45) is 0 Å². The average molecular weight is 177 g/mol. The maximum atomic E-state index is 5.65. The lowest BCUT2D eigenvalue weighted by Gasteiger charge is -1.89. The topological polar surface area (TPSA) is 104 Å². The van der Waals surface area contributed by atoms with E-state index in [0.29, 0.717) is 27.8 Å². The Labute approximate surface area is 70.4 Å². The van der Waals surface area contributed by atoms with E-state index in [1.165, 1.54) is 0 Å². The van der Waals surface area contributed by atoms with E-state index >= 15 is 0 Å². The SMILES string of the molecule is Nc1cc2nonc2c2nonc12. The van der Waals surface area contributed by atoms with Crippen LogP contribution in [0.4, 0.5) is 5.69 Å². The van der Waals surface area contributed by atoms with Crippen molar-refractivity contribution in [1.29, 1.82) is 0 Å². The molecule has 2 N–H and O–H groups in total. The maximum absolute atomic E-state index is 5.65. The summed E-state index contributed by atoms with van der Waals surface area (Å²) in [5.41, 5.74) is 8.09. The molecule has 7 nitrogen and oxygen atoms in total. The van der Waals surface area contributed by atoms with Crippen LogP contribution < -0.4 is 5.73 Å². The van der Waals surface area contributed by atoms with Crippen LogP contribution in [0.5, 0.6) is 0 Å². The van der Waals surface area contributed by atoms with Crippen molar-refractivity contribution in [3.05, 3.63) is 6.07 Å². The maximum Gasteiger partial charge on any atom is 0.168 e. The molecule has 64 valence electrons. The molecule has 0 aliphatic heterocycles. The second kappa shape index (κ2) is 1.94. The van der Waals surface area contributed by atoms with Gasteiger partial charge in [-0.15, -0.1) is 0 Å². The summed E-state index contributed by atoms with van der Waals surface area (Å²) < 4.78 is 9.07. The van der Waals surface area contributed by atoms with Gasteiger partial charge in [0.25, 0.3) is 0 Å². The number of nitrogens with two attached hydrogens (primary N) is 1. The summed E-state index contributed by atoms with van der Waals surface area (Å²) in [6.45, 7) is 0. The van der Waals surface area contributed by atoms with Gasteiger partial charge in [-0.3, -0.25) is 0 Å². The molecule has 7 heteroatoms. The third-order valence-electron chi connectivity index (χ3n) is 1.79. The minimum atomic E-state index is 0.444. The summed E-state index contributed by atoms with van der Waals surface area (Å²) in [4.78, 5) is 0. The average Bonchev–Trinajstić information content (AvgIpc) is 2.66. The molecule has 0 aliphatic rings. The Kier molecular flexibility index (Phi) is 0.950. The highest BCUT2D eigenvalue weighted by atomic mass is 16.6. The smallest absolute Gasteiger partial charge is 0.168 e. The van der Waals surface area contributed by atoms with E-state index in [4.69, 9.17) is 5.73 Å². The van der Waals surface area contributed by atoms with Crippen molar-refractivity contribution in [3.63, 3.8) is 0 Å². The van der Waals surface area contributed by atoms with E-state index in [9.17, 15) is 0 Å². The molecule has 3 aromatic rings. The van der Waals surface area contributed by atoms with Crippen molar-refractivity contribution < 1.29 is 9.26 Å². The van der Waals surface area contributed by atoms with Crippen LogP contribution in [-0.2, 0) is 0 Å². The van der Waals surface area contributed by atoms with Gasteiger partial charge < -0.3 is 5.73 Å². The second-order valence-corrected chi connectivity index (χ2v) is 2.56. The first kappa shape index (κ1) is 6.35. The van der Waals surface area contributed by atoms with E-state index in [1.54, 1.807) is 6.07 Å². The van der Waals surface area contributed by atoms with E-state index < -0.39 is 0 Å². The van der Waals surface area contributed by atoms with Crippen LogP contribution >= 0.6 is 0 Å². The fraction of sp³-hybridized carbons (Fsp3) is 0. The zero-order chi connectivity index (χ0) is 8.84. The number of fused-ring (bicyclic) bond motifs is 3. The summed E-state index contributed by atoms with van der Waals surface area (Å²) in [6.07, 6.45) is 0. The largest absolute Gasteiger partial charge is 0.397 e. The Morgan fingerprint density at radius 3 is 2.54 bits per heavy atom. The minimum Gasteiger partial charge on any atom is -0.397 e. The standard InChI is InChI=1S/C6H3N5O2/c7-2-1-3-5(10-12-8-3)6-4(2)9-13-11-6/h1H,7H2. The molecular formula is C6H3N5O2. The lowest BCUT2D eigenvalue weighted by molar-refractivity contribution is 0.312. The van der Waals surface area contributed by atoms with Gasteiger partial charge in [-0.2, -0.15) is 0 Å². The van der Waals surface area contributed by atoms with Gasteiger partial charge >= 0.3 is 0 Å². The Balaban J connectivity index is 2.70. The fourth-order valence-corrected chi connectivity index (χ4v) is 1.20. The van der Waals surface area contributed by atoms with E-state index in [0.717, 1.165) is 0 Å². The number of nitrogen functional groups attached to an aromatic ring is 1. The molecule has 2 aromatic heterocycles. The summed E-state index contributed by atoms with van der Waals surface area (Å²) in [7, 11) is 0. The van der Waals surface area contributed by atoms with Crippen LogP contribution in [0.1, 0.15) is 0 Å². The summed E-state index contributed by atoms with van der Waals surface area (Å²) in [6, 6.07) is 1.61. The number of aromatic nitrogens is 4. The Morgan fingerprint density at radius 2 is 1.62 bits per heavy atom. The van der Waals surface area contributed by atoms with Gasteiger partial charge in [0.05, 0.1) is 5.69 Å². The van der Waals surface area contributed by atoms with Crippen LogP contribution in [-0.4, -0.2) is 20.6 Å². The zero-order valence-electron chi connectivity index (χ0n) is 6.26. The molecule has 0 saturated carbocycles. The van der Waals surface area contributed by atoms with Gasteiger partial charge in [0, 0.05) is 0 Å². The van der Waals surface area contributed by atoms with E-state index in [2.05, 4.69) is 29.9 Å². The first-order valence-corrected chi connectivity index (χ1v) is 3.49. The molecule has 2 heterocycles. The molecule has 13 heavy (non-hydrogen) atoms. The summed E-state index contributed by atoms with van der Waals surface area (Å²) >= 11 is 0. The minimum absolute atomic E-state index is 0.444. The third kappa shape index (κ3) is 0.675. The quantitative estimate of drug-likeness (QED) is 0.493. The Bertz CT molecular complexity index is 583. The highest BCUT2D eigenvalue weighted by Crippen LogP contribution is 2.24. The zero-order valence-corrected chi connectivity index (χ0v) is 6.26. The Hall–Kier alpha value is -2.18. The monoisotopic (exact) mass is 177 g/mol. The lowest BCUT2D eigenvalue weighted by atomic mass is 10.2. The number of hydrogen-bond donors (Lipinski definition) is 1. The number of hydrogen-bond acceptors (Lipinski definition) is 7. The van der Waals surface area contributed by atoms with Crippen LogP contribution in [0.25, 0.3) is 22.1 Å². The second-order valence-electron chi connectivity index (χ2n) is 2.56. The first-order valence-electron chi connectivity index (χ1n) is 3.49. The lowest BCUT2D eigenvalue weighted by Crippen LogP contribution is -1.87. The molecule has 0 radical (unpaired) electrons. The predicted octanol–water partition coefficient (Wildman–Crippen LogP) is 0.341.